The second kappa shape index (κ2) is 4.96. The third kappa shape index (κ3) is 2.39. The van der Waals surface area contributed by atoms with Gasteiger partial charge >= 0.3 is 0 Å². The smallest absolute Gasteiger partial charge is 0.122 e. The molecule has 0 spiro atoms. The molecule has 0 radical (unpaired) electrons. The molecule has 0 bridgehead atoms. The predicted octanol–water partition coefficient (Wildman–Crippen LogP) is 2.39. The fourth-order valence-corrected chi connectivity index (χ4v) is 2.46. The Morgan fingerprint density at radius 3 is 2.65 bits per heavy atom. The lowest BCUT2D eigenvalue weighted by atomic mass is 10.0. The number of anilines is 1. The summed E-state index contributed by atoms with van der Waals surface area (Å²) >= 11 is 0. The van der Waals surface area contributed by atoms with E-state index in [2.05, 4.69) is 37.5 Å². The van der Waals surface area contributed by atoms with E-state index < -0.39 is 0 Å². The lowest BCUT2D eigenvalue weighted by Crippen LogP contribution is -2.23. The van der Waals surface area contributed by atoms with Gasteiger partial charge in [0.15, 0.2) is 0 Å². The summed E-state index contributed by atoms with van der Waals surface area (Å²) in [5.41, 5.74) is 5.06. The summed E-state index contributed by atoms with van der Waals surface area (Å²) in [4.78, 5) is 0. The van der Waals surface area contributed by atoms with E-state index in [1.165, 1.54) is 28.8 Å². The van der Waals surface area contributed by atoms with Crippen LogP contribution in [0.1, 0.15) is 23.1 Å². The molecule has 2 rings (SSSR count). The third-order valence-corrected chi connectivity index (χ3v) is 3.68. The monoisotopic (exact) mass is 234 g/mol. The molecule has 0 aliphatic carbocycles. The minimum Gasteiger partial charge on any atom is -0.496 e. The molecule has 3 nitrogen and oxygen atoms in total. The topological polar surface area (TPSA) is 33.3 Å². The Bertz CT molecular complexity index is 409. The van der Waals surface area contributed by atoms with Crippen molar-refractivity contribution in [2.45, 2.75) is 33.2 Å². The minimum absolute atomic E-state index is 0.556. The van der Waals surface area contributed by atoms with E-state index in [-0.39, 0.29) is 0 Å². The van der Waals surface area contributed by atoms with Crippen LogP contribution in [0.15, 0.2) is 6.07 Å². The van der Waals surface area contributed by atoms with E-state index in [1.807, 2.05) is 0 Å². The zero-order valence-electron chi connectivity index (χ0n) is 11.2. The quantitative estimate of drug-likeness (QED) is 0.842. The Labute approximate surface area is 104 Å². The summed E-state index contributed by atoms with van der Waals surface area (Å²) in [6, 6.07) is 2.67. The van der Waals surface area contributed by atoms with Crippen molar-refractivity contribution in [2.24, 2.45) is 0 Å². The molecular formula is C14H22N2O. The number of benzene rings is 1. The molecule has 1 unspecified atom stereocenters. The van der Waals surface area contributed by atoms with Gasteiger partial charge in [-0.05, 0) is 56.5 Å². The van der Waals surface area contributed by atoms with Crippen LogP contribution < -0.4 is 15.4 Å². The van der Waals surface area contributed by atoms with Crippen molar-refractivity contribution in [2.75, 3.05) is 25.5 Å². The molecular weight excluding hydrogens is 212 g/mol. The van der Waals surface area contributed by atoms with Gasteiger partial charge in [0.05, 0.1) is 7.11 Å². The molecule has 1 saturated heterocycles. The van der Waals surface area contributed by atoms with Gasteiger partial charge in [0.2, 0.25) is 0 Å². The van der Waals surface area contributed by atoms with Crippen molar-refractivity contribution in [1.29, 1.82) is 0 Å². The van der Waals surface area contributed by atoms with Gasteiger partial charge in [0.1, 0.15) is 5.75 Å². The standard InChI is InChI=1S/C14H22N2O/c1-9-7-13(17-4)10(2)11(3)14(9)16-12-5-6-15-8-12/h7,12,15-16H,5-6,8H2,1-4H3. The third-order valence-electron chi connectivity index (χ3n) is 3.68. The van der Waals surface area contributed by atoms with Gasteiger partial charge < -0.3 is 15.4 Å². The largest absolute Gasteiger partial charge is 0.496 e. The summed E-state index contributed by atoms with van der Waals surface area (Å²) in [6.45, 7) is 8.59. The molecule has 0 saturated carbocycles. The van der Waals surface area contributed by atoms with Gasteiger partial charge in [-0.1, -0.05) is 0 Å². The minimum atomic E-state index is 0.556. The molecule has 1 atom stereocenters. The molecule has 0 amide bonds. The first kappa shape index (κ1) is 12.2. The lowest BCUT2D eigenvalue weighted by Gasteiger charge is -2.20. The summed E-state index contributed by atoms with van der Waals surface area (Å²) < 4.78 is 5.39. The average Bonchev–Trinajstić information content (AvgIpc) is 2.82. The molecule has 1 aliphatic rings. The van der Waals surface area contributed by atoms with Crippen LogP contribution in [0.2, 0.25) is 0 Å². The van der Waals surface area contributed by atoms with Crippen LogP contribution in [0.5, 0.6) is 5.75 Å². The zero-order chi connectivity index (χ0) is 12.4. The van der Waals surface area contributed by atoms with Crippen LogP contribution in [-0.2, 0) is 0 Å². The average molecular weight is 234 g/mol. The highest BCUT2D eigenvalue weighted by Crippen LogP contribution is 2.31. The van der Waals surface area contributed by atoms with Crippen molar-refractivity contribution in [3.8, 4) is 5.75 Å². The van der Waals surface area contributed by atoms with Crippen LogP contribution >= 0.6 is 0 Å². The molecule has 0 aromatic heterocycles. The number of nitrogens with one attached hydrogen (secondary N) is 2. The number of ether oxygens (including phenoxy) is 1. The summed E-state index contributed by atoms with van der Waals surface area (Å²) in [5.74, 6) is 0.982. The molecule has 94 valence electrons. The molecule has 1 fully saturated rings. The molecule has 1 aliphatic heterocycles. The first-order chi connectivity index (χ1) is 8.13. The van der Waals surface area contributed by atoms with Crippen LogP contribution in [0.3, 0.4) is 0 Å². The van der Waals surface area contributed by atoms with Crippen LogP contribution in [0, 0.1) is 20.8 Å². The van der Waals surface area contributed by atoms with Crippen molar-refractivity contribution < 1.29 is 4.74 Å². The summed E-state index contributed by atoms with van der Waals surface area (Å²) in [5, 5.41) is 7.03. The Balaban J connectivity index is 2.29. The molecule has 3 heteroatoms. The number of rotatable bonds is 3. The fraction of sp³-hybridized carbons (Fsp3) is 0.571. The number of hydrogen-bond donors (Lipinski definition) is 2. The van der Waals surface area contributed by atoms with E-state index in [1.54, 1.807) is 7.11 Å². The van der Waals surface area contributed by atoms with Crippen molar-refractivity contribution >= 4 is 5.69 Å². The number of hydrogen-bond acceptors (Lipinski definition) is 3. The van der Waals surface area contributed by atoms with E-state index in [9.17, 15) is 0 Å². The second-order valence-corrected chi connectivity index (χ2v) is 4.85. The van der Waals surface area contributed by atoms with Gasteiger partial charge in [-0.2, -0.15) is 0 Å². The molecule has 1 heterocycles. The normalized spacial score (nSPS) is 19.4. The predicted molar refractivity (Wildman–Crippen MR) is 72.1 cm³/mol. The maximum atomic E-state index is 5.39. The number of methoxy groups -OCH3 is 1. The van der Waals surface area contributed by atoms with Crippen molar-refractivity contribution in [3.05, 3.63) is 22.8 Å². The Morgan fingerprint density at radius 2 is 2.06 bits per heavy atom. The van der Waals surface area contributed by atoms with E-state index in [0.29, 0.717) is 6.04 Å². The highest BCUT2D eigenvalue weighted by atomic mass is 16.5. The number of aryl methyl sites for hydroxylation is 1. The Morgan fingerprint density at radius 1 is 1.29 bits per heavy atom. The highest BCUT2D eigenvalue weighted by molar-refractivity contribution is 5.63. The van der Waals surface area contributed by atoms with Gasteiger partial charge in [-0.15, -0.1) is 0 Å². The summed E-state index contributed by atoms with van der Waals surface area (Å²) in [6.07, 6.45) is 1.20. The van der Waals surface area contributed by atoms with Crippen LogP contribution in [-0.4, -0.2) is 26.2 Å². The molecule has 17 heavy (non-hydrogen) atoms. The maximum absolute atomic E-state index is 5.39. The van der Waals surface area contributed by atoms with E-state index >= 15 is 0 Å². The van der Waals surface area contributed by atoms with Gasteiger partial charge in [0.25, 0.3) is 0 Å². The first-order valence-corrected chi connectivity index (χ1v) is 6.25. The summed E-state index contributed by atoms with van der Waals surface area (Å²) in [7, 11) is 1.73. The second-order valence-electron chi connectivity index (χ2n) is 4.85. The molecule has 1 aromatic carbocycles. The van der Waals surface area contributed by atoms with Crippen LogP contribution in [0.4, 0.5) is 5.69 Å². The zero-order valence-corrected chi connectivity index (χ0v) is 11.2. The molecule has 2 N–H and O–H groups in total. The Kier molecular flexibility index (Phi) is 3.57. The van der Waals surface area contributed by atoms with E-state index in [4.69, 9.17) is 4.74 Å². The van der Waals surface area contributed by atoms with Gasteiger partial charge in [0, 0.05) is 18.3 Å². The van der Waals surface area contributed by atoms with Crippen molar-refractivity contribution in [3.63, 3.8) is 0 Å². The van der Waals surface area contributed by atoms with Crippen molar-refractivity contribution in [1.82, 2.24) is 5.32 Å². The maximum Gasteiger partial charge on any atom is 0.122 e. The Hall–Kier alpha value is -1.22. The van der Waals surface area contributed by atoms with Gasteiger partial charge in [-0.3, -0.25) is 0 Å². The highest BCUT2D eigenvalue weighted by Gasteiger charge is 2.17. The SMILES string of the molecule is COc1cc(C)c(NC2CCNC2)c(C)c1C. The first-order valence-electron chi connectivity index (χ1n) is 6.25. The fourth-order valence-electron chi connectivity index (χ4n) is 2.46. The van der Waals surface area contributed by atoms with Crippen LogP contribution in [0.25, 0.3) is 0 Å². The van der Waals surface area contributed by atoms with E-state index in [0.717, 1.165) is 18.8 Å². The lowest BCUT2D eigenvalue weighted by molar-refractivity contribution is 0.411. The van der Waals surface area contributed by atoms with Gasteiger partial charge in [-0.25, -0.2) is 0 Å². The molecule has 1 aromatic rings.